The van der Waals surface area contributed by atoms with Crippen molar-refractivity contribution in [1.29, 1.82) is 0 Å². The minimum absolute atomic E-state index is 0.251. The molecule has 5 heteroatoms. The number of hydrazone groups is 1. The van der Waals surface area contributed by atoms with E-state index >= 15 is 0 Å². The number of hydrogen-bond donors (Lipinski definition) is 2. The van der Waals surface area contributed by atoms with Gasteiger partial charge in [0.15, 0.2) is 0 Å². The third-order valence-electron chi connectivity index (χ3n) is 4.40. The fourth-order valence-corrected chi connectivity index (χ4v) is 2.83. The van der Waals surface area contributed by atoms with Gasteiger partial charge in [0.05, 0.1) is 17.5 Å². The summed E-state index contributed by atoms with van der Waals surface area (Å²) in [6, 6.07) is 25.1. The molecule has 142 valence electrons. The predicted molar refractivity (Wildman–Crippen MR) is 114 cm³/mol. The van der Waals surface area contributed by atoms with Gasteiger partial charge in [0.2, 0.25) is 0 Å². The lowest BCUT2D eigenvalue weighted by Gasteiger charge is -2.23. The normalized spacial score (nSPS) is 10.8. The molecule has 0 fully saturated rings. The molecule has 5 nitrogen and oxygen atoms in total. The topological polar surface area (TPSA) is 64.9 Å². The summed E-state index contributed by atoms with van der Waals surface area (Å²) < 4.78 is 0. The molecule has 2 N–H and O–H groups in total. The van der Waals surface area contributed by atoms with Crippen molar-refractivity contribution >= 4 is 23.6 Å². The highest BCUT2D eigenvalue weighted by molar-refractivity contribution is 5.88. The van der Waals surface area contributed by atoms with Crippen LogP contribution in [0.1, 0.15) is 28.4 Å². The molecule has 0 aromatic heterocycles. The fraction of sp³-hybridized carbons (Fsp3) is 0.130. The van der Waals surface area contributed by atoms with Crippen molar-refractivity contribution in [2.45, 2.75) is 13.5 Å². The summed E-state index contributed by atoms with van der Waals surface area (Å²) in [6.07, 6.45) is 1.74. The van der Waals surface area contributed by atoms with E-state index in [-0.39, 0.29) is 5.56 Å². The molecule has 0 heterocycles. The van der Waals surface area contributed by atoms with Gasteiger partial charge in [-0.05, 0) is 54.4 Å². The Morgan fingerprint density at radius 2 is 1.68 bits per heavy atom. The van der Waals surface area contributed by atoms with Gasteiger partial charge in [-0.15, -0.1) is 0 Å². The first-order valence-corrected chi connectivity index (χ1v) is 9.17. The maximum atomic E-state index is 10.9. The van der Waals surface area contributed by atoms with Crippen LogP contribution in [0.15, 0.2) is 84.0 Å². The number of nitrogens with zero attached hydrogens (tertiary/aromatic N) is 2. The van der Waals surface area contributed by atoms with Crippen LogP contribution in [0.4, 0.5) is 11.4 Å². The van der Waals surface area contributed by atoms with Crippen molar-refractivity contribution in [1.82, 2.24) is 0 Å². The molecule has 0 aliphatic heterocycles. The predicted octanol–water partition coefficient (Wildman–Crippen LogP) is 4.86. The Labute approximate surface area is 165 Å². The molecule has 3 aromatic rings. The summed E-state index contributed by atoms with van der Waals surface area (Å²) in [5.74, 6) is -0.941. The number of hydrogen-bond acceptors (Lipinski definition) is 4. The van der Waals surface area contributed by atoms with Gasteiger partial charge in [0, 0.05) is 18.8 Å². The van der Waals surface area contributed by atoms with Crippen LogP contribution in [-0.2, 0) is 6.54 Å². The first kappa shape index (κ1) is 19.2. The molecule has 0 spiro atoms. The molecular formula is C23H23N3O2. The van der Waals surface area contributed by atoms with Crippen LogP contribution in [0.25, 0.3) is 0 Å². The summed E-state index contributed by atoms with van der Waals surface area (Å²) in [5, 5.41) is 13.1. The highest BCUT2D eigenvalue weighted by atomic mass is 16.4. The second-order valence-electron chi connectivity index (χ2n) is 6.34. The fourth-order valence-electron chi connectivity index (χ4n) is 2.83. The third kappa shape index (κ3) is 5.20. The second-order valence-corrected chi connectivity index (χ2v) is 6.34. The second kappa shape index (κ2) is 9.37. The van der Waals surface area contributed by atoms with Gasteiger partial charge in [-0.3, -0.25) is 5.43 Å². The lowest BCUT2D eigenvalue weighted by Crippen LogP contribution is -2.21. The monoisotopic (exact) mass is 373 g/mol. The molecule has 0 aliphatic rings. The van der Waals surface area contributed by atoms with Crippen LogP contribution in [0.5, 0.6) is 0 Å². The van der Waals surface area contributed by atoms with Crippen molar-refractivity contribution in [2.75, 3.05) is 16.9 Å². The smallest absolute Gasteiger partial charge is 0.335 e. The summed E-state index contributed by atoms with van der Waals surface area (Å²) in [6.45, 7) is 3.95. The van der Waals surface area contributed by atoms with Gasteiger partial charge in [-0.2, -0.15) is 5.10 Å². The number of benzene rings is 3. The van der Waals surface area contributed by atoms with Crippen molar-refractivity contribution in [3.05, 3.63) is 95.6 Å². The maximum Gasteiger partial charge on any atom is 0.335 e. The van der Waals surface area contributed by atoms with Gasteiger partial charge < -0.3 is 10.0 Å². The van der Waals surface area contributed by atoms with Crippen LogP contribution < -0.4 is 10.3 Å². The highest BCUT2D eigenvalue weighted by Gasteiger charge is 2.05. The van der Waals surface area contributed by atoms with Gasteiger partial charge >= 0.3 is 5.97 Å². The van der Waals surface area contributed by atoms with E-state index in [1.165, 1.54) is 11.3 Å². The number of carbonyl (C=O) groups is 1. The Morgan fingerprint density at radius 1 is 1.00 bits per heavy atom. The van der Waals surface area contributed by atoms with Crippen molar-refractivity contribution in [3.63, 3.8) is 0 Å². The minimum Gasteiger partial charge on any atom is -0.478 e. The van der Waals surface area contributed by atoms with Crippen LogP contribution in [-0.4, -0.2) is 23.8 Å². The third-order valence-corrected chi connectivity index (χ3v) is 4.40. The molecule has 28 heavy (non-hydrogen) atoms. The average molecular weight is 373 g/mol. The molecule has 3 aromatic carbocycles. The number of carboxylic acids is 1. The quantitative estimate of drug-likeness (QED) is 0.437. The lowest BCUT2D eigenvalue weighted by molar-refractivity contribution is 0.0697. The molecule has 0 aliphatic carbocycles. The molecular weight excluding hydrogens is 350 g/mol. The van der Waals surface area contributed by atoms with E-state index in [9.17, 15) is 4.79 Å². The molecule has 0 bridgehead atoms. The molecule has 3 rings (SSSR count). The van der Waals surface area contributed by atoms with Gasteiger partial charge in [0.25, 0.3) is 0 Å². The van der Waals surface area contributed by atoms with Gasteiger partial charge in [0.1, 0.15) is 0 Å². The molecule has 0 amide bonds. The van der Waals surface area contributed by atoms with E-state index in [0.29, 0.717) is 0 Å². The van der Waals surface area contributed by atoms with E-state index in [1.807, 2.05) is 18.2 Å². The van der Waals surface area contributed by atoms with Crippen LogP contribution in [0.2, 0.25) is 0 Å². The van der Waals surface area contributed by atoms with Crippen LogP contribution >= 0.6 is 0 Å². The highest BCUT2D eigenvalue weighted by Crippen LogP contribution is 2.17. The maximum absolute atomic E-state index is 10.9. The molecule has 0 radical (unpaired) electrons. The summed E-state index contributed by atoms with van der Waals surface area (Å²) in [7, 11) is 0. The largest absolute Gasteiger partial charge is 0.478 e. The zero-order valence-corrected chi connectivity index (χ0v) is 15.7. The van der Waals surface area contributed by atoms with Gasteiger partial charge in [-0.1, -0.05) is 42.5 Å². The van der Waals surface area contributed by atoms with E-state index in [4.69, 9.17) is 5.11 Å². The van der Waals surface area contributed by atoms with Crippen molar-refractivity contribution in [2.24, 2.45) is 5.10 Å². The Balaban J connectivity index is 1.60. The first-order valence-electron chi connectivity index (χ1n) is 9.17. The summed E-state index contributed by atoms with van der Waals surface area (Å²) in [5.41, 5.74) is 7.33. The first-order chi connectivity index (χ1) is 13.7. The number of rotatable bonds is 8. The van der Waals surface area contributed by atoms with E-state index < -0.39 is 5.97 Å². The number of anilines is 2. The Kier molecular flexibility index (Phi) is 6.41. The van der Waals surface area contributed by atoms with Crippen molar-refractivity contribution < 1.29 is 9.90 Å². The van der Waals surface area contributed by atoms with Crippen LogP contribution in [0, 0.1) is 0 Å². The standard InChI is InChI=1S/C23H23N3O2/c1-2-26(17-19-6-4-3-5-7-19)22-14-8-18(9-15-22)16-24-25-21-12-10-20(11-13-21)23(27)28/h3-16,25H,2,17H2,1H3,(H,27,28). The molecule has 0 saturated heterocycles. The SMILES string of the molecule is CCN(Cc1ccccc1)c1ccc(C=NNc2ccc(C(=O)O)cc2)cc1. The zero-order chi connectivity index (χ0) is 19.8. The molecule has 0 saturated carbocycles. The van der Waals surface area contributed by atoms with Crippen molar-refractivity contribution in [3.8, 4) is 0 Å². The van der Waals surface area contributed by atoms with E-state index in [2.05, 4.69) is 58.7 Å². The zero-order valence-electron chi connectivity index (χ0n) is 15.7. The Bertz CT molecular complexity index is 920. The molecule has 0 atom stereocenters. The van der Waals surface area contributed by atoms with E-state index in [1.54, 1.807) is 30.5 Å². The lowest BCUT2D eigenvalue weighted by atomic mass is 10.1. The molecule has 0 unspecified atom stereocenters. The average Bonchev–Trinajstić information content (AvgIpc) is 2.74. The summed E-state index contributed by atoms with van der Waals surface area (Å²) in [4.78, 5) is 13.2. The number of nitrogens with one attached hydrogen (secondary N) is 1. The number of aromatic carboxylic acids is 1. The number of carboxylic acid groups (broad SMARTS) is 1. The Hall–Kier alpha value is -3.60. The van der Waals surface area contributed by atoms with Gasteiger partial charge in [-0.25, -0.2) is 4.79 Å². The minimum atomic E-state index is -0.941. The van der Waals surface area contributed by atoms with E-state index in [0.717, 1.165) is 24.3 Å². The summed E-state index contributed by atoms with van der Waals surface area (Å²) >= 11 is 0. The van der Waals surface area contributed by atoms with Crippen LogP contribution in [0.3, 0.4) is 0 Å². The Morgan fingerprint density at radius 3 is 2.29 bits per heavy atom.